The number of aryl methyl sites for hydroxylation is 2. The summed E-state index contributed by atoms with van der Waals surface area (Å²) >= 11 is 0. The quantitative estimate of drug-likeness (QED) is 0.841. The molecule has 1 fully saturated rings. The summed E-state index contributed by atoms with van der Waals surface area (Å²) in [7, 11) is 0. The first-order valence-electron chi connectivity index (χ1n) is 7.65. The minimum absolute atomic E-state index is 1.03. The van der Waals surface area contributed by atoms with E-state index in [0.29, 0.717) is 0 Å². The third-order valence-electron chi connectivity index (χ3n) is 4.39. The van der Waals surface area contributed by atoms with Crippen LogP contribution >= 0.6 is 0 Å². The van der Waals surface area contributed by atoms with E-state index in [2.05, 4.69) is 72.0 Å². The van der Waals surface area contributed by atoms with Crippen molar-refractivity contribution in [2.75, 3.05) is 36.0 Å². The molecular formula is C18H23N3. The van der Waals surface area contributed by atoms with E-state index in [4.69, 9.17) is 0 Å². The third kappa shape index (κ3) is 2.87. The normalized spacial score (nSPS) is 15.4. The molecule has 3 nitrogen and oxygen atoms in total. The lowest BCUT2D eigenvalue weighted by Gasteiger charge is -2.37. The van der Waals surface area contributed by atoms with Crippen LogP contribution in [-0.4, -0.2) is 31.2 Å². The predicted molar refractivity (Wildman–Crippen MR) is 89.3 cm³/mol. The number of piperazine rings is 1. The molecule has 3 heteroatoms. The van der Waals surface area contributed by atoms with E-state index in [0.717, 1.165) is 37.7 Å². The molecule has 1 aliphatic heterocycles. The van der Waals surface area contributed by atoms with E-state index in [-0.39, 0.29) is 0 Å². The molecule has 0 spiro atoms. The van der Waals surface area contributed by atoms with E-state index in [9.17, 15) is 0 Å². The lowest BCUT2D eigenvalue weighted by atomic mass is 10.1. The molecule has 1 aromatic carbocycles. The van der Waals surface area contributed by atoms with Gasteiger partial charge in [0.05, 0.1) is 0 Å². The second kappa shape index (κ2) is 5.76. The maximum Gasteiger partial charge on any atom is 0.128 e. The summed E-state index contributed by atoms with van der Waals surface area (Å²) in [5.41, 5.74) is 5.24. The Morgan fingerprint density at radius 3 is 2.19 bits per heavy atom. The predicted octanol–water partition coefficient (Wildman–Crippen LogP) is 3.33. The molecule has 1 saturated heterocycles. The first-order valence-corrected chi connectivity index (χ1v) is 7.65. The van der Waals surface area contributed by atoms with Gasteiger partial charge in [0.25, 0.3) is 0 Å². The summed E-state index contributed by atoms with van der Waals surface area (Å²) in [6.45, 7) is 10.6. The first-order chi connectivity index (χ1) is 10.1. The van der Waals surface area contributed by atoms with Gasteiger partial charge < -0.3 is 9.80 Å². The Labute approximate surface area is 127 Å². The van der Waals surface area contributed by atoms with Crippen molar-refractivity contribution in [3.8, 4) is 0 Å². The van der Waals surface area contributed by atoms with E-state index in [1.807, 2.05) is 0 Å². The van der Waals surface area contributed by atoms with Crippen molar-refractivity contribution in [3.63, 3.8) is 0 Å². The van der Waals surface area contributed by atoms with Gasteiger partial charge in [-0.3, -0.25) is 0 Å². The number of rotatable bonds is 2. The molecule has 0 N–H and O–H groups in total. The molecule has 2 aromatic rings. The highest BCUT2D eigenvalue weighted by atomic mass is 15.3. The molecule has 1 aliphatic rings. The average Bonchev–Trinajstić information content (AvgIpc) is 2.50. The van der Waals surface area contributed by atoms with E-state index in [1.54, 1.807) is 0 Å². The van der Waals surface area contributed by atoms with E-state index in [1.165, 1.54) is 16.8 Å². The van der Waals surface area contributed by atoms with Gasteiger partial charge in [-0.2, -0.15) is 0 Å². The Morgan fingerprint density at radius 2 is 1.48 bits per heavy atom. The number of nitrogens with zero attached hydrogens (tertiary/aromatic N) is 3. The van der Waals surface area contributed by atoms with Crippen molar-refractivity contribution < 1.29 is 0 Å². The zero-order chi connectivity index (χ0) is 14.8. The second-order valence-electron chi connectivity index (χ2n) is 5.83. The highest BCUT2D eigenvalue weighted by molar-refractivity contribution is 5.57. The fourth-order valence-electron chi connectivity index (χ4n) is 2.96. The number of benzene rings is 1. The number of pyridine rings is 1. The maximum absolute atomic E-state index is 4.63. The van der Waals surface area contributed by atoms with Crippen LogP contribution < -0.4 is 9.80 Å². The minimum Gasteiger partial charge on any atom is -0.368 e. The molecule has 0 atom stereocenters. The van der Waals surface area contributed by atoms with E-state index < -0.39 is 0 Å². The lowest BCUT2D eigenvalue weighted by Crippen LogP contribution is -2.47. The van der Waals surface area contributed by atoms with Crippen LogP contribution in [0.15, 0.2) is 36.4 Å². The van der Waals surface area contributed by atoms with Crippen LogP contribution in [0.25, 0.3) is 0 Å². The van der Waals surface area contributed by atoms with Gasteiger partial charge in [-0.25, -0.2) is 4.98 Å². The molecule has 2 heterocycles. The highest BCUT2D eigenvalue weighted by Crippen LogP contribution is 2.24. The first kappa shape index (κ1) is 13.9. The van der Waals surface area contributed by atoms with Gasteiger partial charge in [-0.05, 0) is 50.1 Å². The number of anilines is 2. The summed E-state index contributed by atoms with van der Waals surface area (Å²) in [5, 5.41) is 0. The van der Waals surface area contributed by atoms with Gasteiger partial charge in [0, 0.05) is 37.6 Å². The zero-order valence-electron chi connectivity index (χ0n) is 13.1. The topological polar surface area (TPSA) is 19.4 Å². The van der Waals surface area contributed by atoms with Gasteiger partial charge in [0.1, 0.15) is 5.82 Å². The Bertz CT molecular complexity index is 628. The molecule has 0 amide bonds. The average molecular weight is 281 g/mol. The molecule has 21 heavy (non-hydrogen) atoms. The minimum atomic E-state index is 1.03. The molecule has 3 rings (SSSR count). The summed E-state index contributed by atoms with van der Waals surface area (Å²) in [4.78, 5) is 9.51. The fourth-order valence-corrected chi connectivity index (χ4v) is 2.96. The molecule has 0 bridgehead atoms. The van der Waals surface area contributed by atoms with Crippen molar-refractivity contribution in [1.82, 2.24) is 4.98 Å². The monoisotopic (exact) mass is 281 g/mol. The van der Waals surface area contributed by atoms with Crippen molar-refractivity contribution in [1.29, 1.82) is 0 Å². The van der Waals surface area contributed by atoms with E-state index >= 15 is 0 Å². The van der Waals surface area contributed by atoms with Crippen molar-refractivity contribution in [3.05, 3.63) is 53.2 Å². The molecule has 0 radical (unpaired) electrons. The van der Waals surface area contributed by atoms with Crippen molar-refractivity contribution in [2.45, 2.75) is 20.8 Å². The zero-order valence-corrected chi connectivity index (χ0v) is 13.1. The molecular weight excluding hydrogens is 258 g/mol. The van der Waals surface area contributed by atoms with Gasteiger partial charge in [0.15, 0.2) is 0 Å². The molecule has 1 aromatic heterocycles. The number of hydrogen-bond acceptors (Lipinski definition) is 3. The fraction of sp³-hybridized carbons (Fsp3) is 0.389. The third-order valence-corrected chi connectivity index (χ3v) is 4.39. The molecule has 110 valence electrons. The van der Waals surface area contributed by atoms with Gasteiger partial charge in [0.2, 0.25) is 0 Å². The Morgan fingerprint density at radius 1 is 0.810 bits per heavy atom. The number of aromatic nitrogens is 1. The molecule has 0 saturated carbocycles. The van der Waals surface area contributed by atoms with Crippen LogP contribution in [0.4, 0.5) is 11.5 Å². The van der Waals surface area contributed by atoms with Gasteiger partial charge in [-0.15, -0.1) is 0 Å². The highest BCUT2D eigenvalue weighted by Gasteiger charge is 2.19. The van der Waals surface area contributed by atoms with Crippen LogP contribution in [0.1, 0.15) is 16.8 Å². The number of hydrogen-bond donors (Lipinski definition) is 0. The van der Waals surface area contributed by atoms with Crippen LogP contribution in [0.3, 0.4) is 0 Å². The molecule has 0 unspecified atom stereocenters. The van der Waals surface area contributed by atoms with Crippen molar-refractivity contribution >= 4 is 11.5 Å². The second-order valence-corrected chi connectivity index (χ2v) is 5.83. The Hall–Kier alpha value is -2.03. The van der Waals surface area contributed by atoms with Crippen LogP contribution in [0.2, 0.25) is 0 Å². The summed E-state index contributed by atoms with van der Waals surface area (Å²) in [5.74, 6) is 1.11. The Kier molecular flexibility index (Phi) is 3.82. The van der Waals surface area contributed by atoms with Gasteiger partial charge >= 0.3 is 0 Å². The van der Waals surface area contributed by atoms with Crippen LogP contribution in [0, 0.1) is 20.8 Å². The van der Waals surface area contributed by atoms with Crippen LogP contribution in [-0.2, 0) is 0 Å². The molecule has 0 aliphatic carbocycles. The maximum atomic E-state index is 4.63. The lowest BCUT2D eigenvalue weighted by molar-refractivity contribution is 0.645. The van der Waals surface area contributed by atoms with Crippen LogP contribution in [0.5, 0.6) is 0 Å². The standard InChI is InChI=1S/C18H23N3/c1-14-6-4-8-17(16(14)3)20-10-12-21(13-11-20)18-9-5-7-15(2)19-18/h4-9H,10-13H2,1-3H3. The smallest absolute Gasteiger partial charge is 0.128 e. The summed E-state index contributed by atoms with van der Waals surface area (Å²) < 4.78 is 0. The van der Waals surface area contributed by atoms with Crippen molar-refractivity contribution in [2.24, 2.45) is 0 Å². The Balaban J connectivity index is 1.72. The SMILES string of the molecule is Cc1cccc(N2CCN(c3cccc(C)c3C)CC2)n1. The summed E-state index contributed by atoms with van der Waals surface area (Å²) in [6.07, 6.45) is 0. The summed E-state index contributed by atoms with van der Waals surface area (Å²) in [6, 6.07) is 12.8. The largest absolute Gasteiger partial charge is 0.368 e. The van der Waals surface area contributed by atoms with Gasteiger partial charge in [-0.1, -0.05) is 18.2 Å².